The Bertz CT molecular complexity index is 94.4. The van der Waals surface area contributed by atoms with Gasteiger partial charge in [0.2, 0.25) is 0 Å². The van der Waals surface area contributed by atoms with Crippen LogP contribution in [-0.2, 0) is 4.79 Å². The van der Waals surface area contributed by atoms with Crippen LogP contribution in [0.5, 0.6) is 0 Å². The van der Waals surface area contributed by atoms with Crippen LogP contribution in [0.25, 0.3) is 0 Å². The van der Waals surface area contributed by atoms with Crippen LogP contribution < -0.4 is 0 Å². The molecule has 7 heavy (non-hydrogen) atoms. The first kappa shape index (κ1) is 6.12. The van der Waals surface area contributed by atoms with Crippen LogP contribution in [0.15, 0.2) is 0 Å². The van der Waals surface area contributed by atoms with E-state index in [1.807, 2.05) is 0 Å². The lowest BCUT2D eigenvalue weighted by molar-refractivity contribution is -0.110. The Labute approximate surface area is 41.2 Å². The van der Waals surface area contributed by atoms with E-state index in [0.717, 1.165) is 0 Å². The topological polar surface area (TPSA) is 61.1 Å². The van der Waals surface area contributed by atoms with Crippen LogP contribution in [0.4, 0.5) is 0 Å². The monoisotopic (exact) mass is 99.0 g/mol. The quantitative estimate of drug-likeness (QED) is 0.466. The van der Waals surface area contributed by atoms with Crippen molar-refractivity contribution < 1.29 is 9.90 Å². The van der Waals surface area contributed by atoms with E-state index in [9.17, 15) is 4.79 Å². The van der Waals surface area contributed by atoms with Gasteiger partial charge in [0.1, 0.15) is 12.2 Å². The van der Waals surface area contributed by atoms with Gasteiger partial charge in [-0.05, 0) is 0 Å². The number of nitrogens with zero attached hydrogens (tertiary/aromatic N) is 1. The molecule has 0 amide bonds. The fraction of sp³-hybridized carbons (Fsp3) is 0.500. The van der Waals surface area contributed by atoms with E-state index in [-0.39, 0.29) is 6.61 Å². The standard InChI is InChI=1S/C4H5NO2/c5-1-4(2-6)3-7/h2,4,7H,3H2. The molecule has 1 N–H and O–H groups in total. The summed E-state index contributed by atoms with van der Waals surface area (Å²) in [4.78, 5) is 9.58. The number of aliphatic hydroxyl groups excluding tert-OH is 1. The molecule has 38 valence electrons. The highest BCUT2D eigenvalue weighted by Gasteiger charge is 1.98. The van der Waals surface area contributed by atoms with E-state index < -0.39 is 5.92 Å². The summed E-state index contributed by atoms with van der Waals surface area (Å²) in [5.41, 5.74) is 0. The molecule has 0 spiro atoms. The number of carbonyl (C=O) groups is 1. The number of aldehydes is 1. The first-order valence-corrected chi connectivity index (χ1v) is 1.81. The van der Waals surface area contributed by atoms with E-state index in [0.29, 0.717) is 6.29 Å². The summed E-state index contributed by atoms with van der Waals surface area (Å²) in [5, 5.41) is 16.0. The largest absolute Gasteiger partial charge is 0.395 e. The number of nitriles is 1. The average molecular weight is 99.1 g/mol. The minimum atomic E-state index is -0.833. The smallest absolute Gasteiger partial charge is 0.139 e. The molecule has 0 aromatic heterocycles. The maximum absolute atomic E-state index is 9.58. The molecule has 0 rings (SSSR count). The number of aliphatic hydroxyl groups is 1. The van der Waals surface area contributed by atoms with Crippen molar-refractivity contribution in [1.29, 1.82) is 5.26 Å². The predicted octanol–water partition coefficient (Wildman–Crippen LogP) is -0.683. The van der Waals surface area contributed by atoms with Crippen molar-refractivity contribution in [2.75, 3.05) is 6.61 Å². The summed E-state index contributed by atoms with van der Waals surface area (Å²) in [6.45, 7) is -0.375. The van der Waals surface area contributed by atoms with Gasteiger partial charge < -0.3 is 9.90 Å². The van der Waals surface area contributed by atoms with Gasteiger partial charge >= 0.3 is 0 Å². The fourth-order valence-electron chi connectivity index (χ4n) is 0.114. The van der Waals surface area contributed by atoms with Crippen molar-refractivity contribution in [2.24, 2.45) is 5.92 Å². The van der Waals surface area contributed by atoms with Crippen molar-refractivity contribution in [3.63, 3.8) is 0 Å². The zero-order chi connectivity index (χ0) is 5.70. The molecule has 0 aromatic rings. The van der Waals surface area contributed by atoms with Gasteiger partial charge in [0.25, 0.3) is 0 Å². The zero-order valence-electron chi connectivity index (χ0n) is 3.66. The SMILES string of the molecule is N#CC(C=O)CO. The third-order valence-corrected chi connectivity index (χ3v) is 0.527. The normalized spacial score (nSPS) is 12.0. The molecule has 0 fully saturated rings. The van der Waals surface area contributed by atoms with Crippen LogP contribution >= 0.6 is 0 Å². The van der Waals surface area contributed by atoms with Crippen LogP contribution in [-0.4, -0.2) is 18.0 Å². The van der Waals surface area contributed by atoms with Gasteiger partial charge in [0.15, 0.2) is 0 Å². The van der Waals surface area contributed by atoms with E-state index >= 15 is 0 Å². The molecule has 3 nitrogen and oxygen atoms in total. The molecule has 1 atom stereocenters. The molecule has 0 aliphatic carbocycles. The minimum absolute atomic E-state index is 0.375. The van der Waals surface area contributed by atoms with Gasteiger partial charge in [-0.3, -0.25) is 0 Å². The Kier molecular flexibility index (Phi) is 2.90. The Balaban J connectivity index is 3.43. The maximum Gasteiger partial charge on any atom is 0.139 e. The second-order valence-corrected chi connectivity index (χ2v) is 1.05. The first-order valence-electron chi connectivity index (χ1n) is 1.81. The molecule has 0 aliphatic heterocycles. The van der Waals surface area contributed by atoms with Gasteiger partial charge in [-0.1, -0.05) is 0 Å². The highest BCUT2D eigenvalue weighted by molar-refractivity contribution is 5.57. The van der Waals surface area contributed by atoms with Gasteiger partial charge in [-0.2, -0.15) is 5.26 Å². The molecular formula is C4H5NO2. The fourth-order valence-corrected chi connectivity index (χ4v) is 0.114. The van der Waals surface area contributed by atoms with Crippen LogP contribution in [0.1, 0.15) is 0 Å². The zero-order valence-corrected chi connectivity index (χ0v) is 3.66. The van der Waals surface area contributed by atoms with E-state index in [1.165, 1.54) is 0 Å². The number of rotatable bonds is 2. The molecule has 0 aliphatic rings. The Hall–Kier alpha value is -0.880. The second-order valence-electron chi connectivity index (χ2n) is 1.05. The average Bonchev–Trinajstić information content (AvgIpc) is 1.72. The molecular weight excluding hydrogens is 94.0 g/mol. The summed E-state index contributed by atoms with van der Waals surface area (Å²) in [6, 6.07) is 1.58. The Morgan fingerprint density at radius 3 is 2.57 bits per heavy atom. The number of hydrogen-bond donors (Lipinski definition) is 1. The predicted molar refractivity (Wildman–Crippen MR) is 22.3 cm³/mol. The summed E-state index contributed by atoms with van der Waals surface area (Å²) in [5.74, 6) is -0.833. The summed E-state index contributed by atoms with van der Waals surface area (Å²) < 4.78 is 0. The Morgan fingerprint density at radius 2 is 2.57 bits per heavy atom. The lowest BCUT2D eigenvalue weighted by Gasteiger charge is -1.86. The highest BCUT2D eigenvalue weighted by Crippen LogP contribution is 1.81. The van der Waals surface area contributed by atoms with Crippen LogP contribution in [0.3, 0.4) is 0 Å². The van der Waals surface area contributed by atoms with E-state index in [4.69, 9.17) is 10.4 Å². The Morgan fingerprint density at radius 1 is 2.00 bits per heavy atom. The van der Waals surface area contributed by atoms with Gasteiger partial charge in [-0.15, -0.1) is 0 Å². The van der Waals surface area contributed by atoms with Crippen molar-refractivity contribution >= 4 is 6.29 Å². The van der Waals surface area contributed by atoms with E-state index in [1.54, 1.807) is 6.07 Å². The number of hydrogen-bond acceptors (Lipinski definition) is 3. The third-order valence-electron chi connectivity index (χ3n) is 0.527. The minimum Gasteiger partial charge on any atom is -0.395 e. The summed E-state index contributed by atoms with van der Waals surface area (Å²) in [7, 11) is 0. The van der Waals surface area contributed by atoms with E-state index in [2.05, 4.69) is 0 Å². The van der Waals surface area contributed by atoms with Crippen molar-refractivity contribution in [3.05, 3.63) is 0 Å². The number of carbonyl (C=O) groups excluding carboxylic acids is 1. The van der Waals surface area contributed by atoms with Crippen LogP contribution in [0.2, 0.25) is 0 Å². The highest BCUT2D eigenvalue weighted by atomic mass is 16.3. The maximum atomic E-state index is 9.58. The van der Waals surface area contributed by atoms with Crippen molar-refractivity contribution in [1.82, 2.24) is 0 Å². The lowest BCUT2D eigenvalue weighted by Crippen LogP contribution is -2.02. The van der Waals surface area contributed by atoms with Gasteiger partial charge in [0.05, 0.1) is 12.7 Å². The molecule has 3 heteroatoms. The summed E-state index contributed by atoms with van der Waals surface area (Å²) in [6.07, 6.45) is 0.417. The molecule has 0 saturated heterocycles. The second kappa shape index (κ2) is 3.32. The lowest BCUT2D eigenvalue weighted by atomic mass is 10.2. The van der Waals surface area contributed by atoms with Crippen LogP contribution in [0, 0.1) is 17.2 Å². The molecule has 0 saturated carbocycles. The third kappa shape index (κ3) is 1.90. The molecule has 0 aromatic carbocycles. The molecule has 0 heterocycles. The molecule has 1 unspecified atom stereocenters. The van der Waals surface area contributed by atoms with Crippen molar-refractivity contribution in [3.8, 4) is 6.07 Å². The first-order chi connectivity index (χ1) is 3.35. The summed E-state index contributed by atoms with van der Waals surface area (Å²) >= 11 is 0. The molecule has 0 radical (unpaired) electrons. The molecule has 0 bridgehead atoms. The van der Waals surface area contributed by atoms with Gasteiger partial charge in [-0.25, -0.2) is 0 Å². The van der Waals surface area contributed by atoms with Crippen molar-refractivity contribution in [2.45, 2.75) is 0 Å². The van der Waals surface area contributed by atoms with Gasteiger partial charge in [0, 0.05) is 0 Å².